The van der Waals surface area contributed by atoms with Crippen molar-refractivity contribution in [2.24, 2.45) is 5.73 Å². The number of hydrogen-bond donors (Lipinski definition) is 1. The highest BCUT2D eigenvalue weighted by Gasteiger charge is 2.23. The summed E-state index contributed by atoms with van der Waals surface area (Å²) in [5.74, 6) is 8.07. The van der Waals surface area contributed by atoms with Gasteiger partial charge in [-0.25, -0.2) is 15.0 Å². The van der Waals surface area contributed by atoms with Gasteiger partial charge in [0, 0.05) is 29.6 Å². The quantitative estimate of drug-likeness (QED) is 0.471. The lowest BCUT2D eigenvalue weighted by Gasteiger charge is -2.27. The maximum absolute atomic E-state index is 6.15. The Labute approximate surface area is 197 Å². The van der Waals surface area contributed by atoms with Gasteiger partial charge in [0.05, 0.1) is 25.5 Å². The van der Waals surface area contributed by atoms with Crippen molar-refractivity contribution in [1.82, 2.24) is 19.5 Å². The molecule has 1 aliphatic heterocycles. The van der Waals surface area contributed by atoms with E-state index in [-0.39, 0.29) is 6.10 Å². The van der Waals surface area contributed by atoms with Crippen LogP contribution < -0.4 is 19.9 Å². The number of fused-ring (bicyclic) bond motifs is 2. The van der Waals surface area contributed by atoms with Gasteiger partial charge in [-0.1, -0.05) is 17.9 Å². The van der Waals surface area contributed by atoms with E-state index in [0.717, 1.165) is 33.6 Å². The zero-order valence-corrected chi connectivity index (χ0v) is 19.3. The molecule has 3 aromatic heterocycles. The summed E-state index contributed by atoms with van der Waals surface area (Å²) in [5.41, 5.74) is 9.74. The van der Waals surface area contributed by atoms with Crippen LogP contribution in [0.15, 0.2) is 55.1 Å². The summed E-state index contributed by atoms with van der Waals surface area (Å²) in [6, 6.07) is 11.6. The molecule has 0 radical (unpaired) electrons. The topological polar surface area (TPSA) is 97.3 Å². The molecule has 8 heteroatoms. The molecule has 0 saturated carbocycles. The lowest BCUT2D eigenvalue weighted by atomic mass is 10.1. The summed E-state index contributed by atoms with van der Waals surface area (Å²) in [4.78, 5) is 13.3. The van der Waals surface area contributed by atoms with Crippen molar-refractivity contribution >= 4 is 11.2 Å². The van der Waals surface area contributed by atoms with Gasteiger partial charge in [-0.3, -0.25) is 0 Å². The number of nitrogens with zero attached hydrogens (tertiary/aromatic N) is 4. The molecule has 1 unspecified atom stereocenters. The number of aromatic nitrogens is 4. The van der Waals surface area contributed by atoms with Crippen LogP contribution in [0, 0.1) is 11.8 Å². The van der Waals surface area contributed by atoms with E-state index >= 15 is 0 Å². The Kier molecular flexibility index (Phi) is 5.56. The largest absolute Gasteiger partial charge is 0.485 e. The van der Waals surface area contributed by atoms with Crippen molar-refractivity contribution in [3.05, 3.63) is 71.8 Å². The van der Waals surface area contributed by atoms with E-state index < -0.39 is 5.54 Å². The number of methoxy groups -OCH3 is 1. The molecule has 0 saturated heterocycles. The highest BCUT2D eigenvalue weighted by Crippen LogP contribution is 2.37. The Bertz CT molecular complexity index is 1390. The van der Waals surface area contributed by atoms with Gasteiger partial charge in [-0.15, -0.1) is 0 Å². The van der Waals surface area contributed by atoms with Gasteiger partial charge >= 0.3 is 0 Å². The molecule has 1 aliphatic rings. The van der Waals surface area contributed by atoms with Crippen molar-refractivity contribution < 1.29 is 14.2 Å². The first-order valence-corrected chi connectivity index (χ1v) is 10.9. The lowest BCUT2D eigenvalue weighted by Crippen LogP contribution is -2.29. The average molecular weight is 456 g/mol. The minimum absolute atomic E-state index is 0.222. The zero-order valence-electron chi connectivity index (χ0n) is 19.3. The normalized spacial score (nSPS) is 15.0. The molecular weight excluding hydrogens is 430 g/mol. The fraction of sp³-hybridized carbons (Fsp3) is 0.269. The molecule has 1 atom stereocenters. The first-order chi connectivity index (χ1) is 16.4. The standard InChI is InChI=1S/C26H25N5O3/c1-26(2,27)9-8-17-10-20-25(29-12-17)31(16-30-20)14-18-4-6-21-22(11-18)33-15-23(34-21)19-5-7-24(32-3)28-13-19/h4-7,10-13,16,23H,14-15,27H2,1-3H3. The summed E-state index contributed by atoms with van der Waals surface area (Å²) in [6.45, 7) is 4.74. The number of imidazole rings is 1. The van der Waals surface area contributed by atoms with Gasteiger partial charge in [-0.05, 0) is 43.7 Å². The van der Waals surface area contributed by atoms with E-state index in [9.17, 15) is 0 Å². The van der Waals surface area contributed by atoms with E-state index in [1.54, 1.807) is 25.8 Å². The second kappa shape index (κ2) is 8.69. The third-order valence-electron chi connectivity index (χ3n) is 5.35. The molecule has 4 aromatic rings. The second-order valence-corrected chi connectivity index (χ2v) is 8.74. The highest BCUT2D eigenvalue weighted by molar-refractivity contribution is 5.72. The van der Waals surface area contributed by atoms with Crippen molar-refractivity contribution in [2.75, 3.05) is 13.7 Å². The van der Waals surface area contributed by atoms with E-state index in [1.807, 2.05) is 54.8 Å². The molecule has 5 rings (SSSR count). The van der Waals surface area contributed by atoms with Crippen LogP contribution in [0.2, 0.25) is 0 Å². The average Bonchev–Trinajstić information content (AvgIpc) is 3.24. The highest BCUT2D eigenvalue weighted by atomic mass is 16.6. The number of hydrogen-bond acceptors (Lipinski definition) is 7. The van der Waals surface area contributed by atoms with E-state index in [4.69, 9.17) is 19.9 Å². The zero-order chi connectivity index (χ0) is 23.7. The van der Waals surface area contributed by atoms with Crippen molar-refractivity contribution in [2.45, 2.75) is 32.0 Å². The number of rotatable bonds is 4. The molecule has 0 fully saturated rings. The van der Waals surface area contributed by atoms with Gasteiger partial charge in [-0.2, -0.15) is 0 Å². The molecule has 0 bridgehead atoms. The van der Waals surface area contributed by atoms with E-state index in [2.05, 4.69) is 26.8 Å². The molecule has 8 nitrogen and oxygen atoms in total. The Morgan fingerprint density at radius 2 is 2.00 bits per heavy atom. The smallest absolute Gasteiger partial charge is 0.212 e. The van der Waals surface area contributed by atoms with E-state index in [1.165, 1.54) is 0 Å². The van der Waals surface area contributed by atoms with Crippen LogP contribution in [-0.2, 0) is 6.54 Å². The molecule has 0 aliphatic carbocycles. The fourth-order valence-corrected chi connectivity index (χ4v) is 3.64. The van der Waals surface area contributed by atoms with Crippen LogP contribution in [0.3, 0.4) is 0 Å². The van der Waals surface area contributed by atoms with Gasteiger partial charge in [0.25, 0.3) is 0 Å². The van der Waals surface area contributed by atoms with Crippen LogP contribution in [0.1, 0.15) is 36.6 Å². The summed E-state index contributed by atoms with van der Waals surface area (Å²) in [5, 5.41) is 0. The van der Waals surface area contributed by atoms with Crippen molar-refractivity contribution in [1.29, 1.82) is 0 Å². The summed E-state index contributed by atoms with van der Waals surface area (Å²) in [7, 11) is 1.59. The van der Waals surface area contributed by atoms with Crippen LogP contribution >= 0.6 is 0 Å². The van der Waals surface area contributed by atoms with Crippen LogP contribution in [0.4, 0.5) is 0 Å². The van der Waals surface area contributed by atoms with Crippen molar-refractivity contribution in [3.8, 4) is 29.2 Å². The number of pyridine rings is 2. The molecule has 1 aromatic carbocycles. The minimum atomic E-state index is -0.557. The Balaban J connectivity index is 1.32. The molecule has 172 valence electrons. The summed E-state index contributed by atoms with van der Waals surface area (Å²) in [6.07, 6.45) is 5.06. The third kappa shape index (κ3) is 4.65. The van der Waals surface area contributed by atoms with Gasteiger partial charge < -0.3 is 24.5 Å². The van der Waals surface area contributed by atoms with Crippen LogP contribution in [0.5, 0.6) is 17.4 Å². The first kappa shape index (κ1) is 21.7. The van der Waals surface area contributed by atoms with Gasteiger partial charge in [0.2, 0.25) is 5.88 Å². The van der Waals surface area contributed by atoms with Crippen LogP contribution in [-0.4, -0.2) is 38.8 Å². The summed E-state index contributed by atoms with van der Waals surface area (Å²) < 4.78 is 19.3. The molecule has 0 spiro atoms. The molecule has 0 amide bonds. The maximum atomic E-state index is 6.15. The first-order valence-electron chi connectivity index (χ1n) is 10.9. The fourth-order valence-electron chi connectivity index (χ4n) is 3.64. The third-order valence-corrected chi connectivity index (χ3v) is 5.35. The Morgan fingerprint density at radius 1 is 1.12 bits per heavy atom. The maximum Gasteiger partial charge on any atom is 0.212 e. The summed E-state index contributed by atoms with van der Waals surface area (Å²) >= 11 is 0. The van der Waals surface area contributed by atoms with Gasteiger partial charge in [0.1, 0.15) is 12.1 Å². The Morgan fingerprint density at radius 3 is 2.76 bits per heavy atom. The Hall–Kier alpha value is -4.09. The van der Waals surface area contributed by atoms with Crippen molar-refractivity contribution in [3.63, 3.8) is 0 Å². The number of ether oxygens (including phenoxy) is 3. The number of nitrogens with two attached hydrogens (primary N) is 1. The lowest BCUT2D eigenvalue weighted by molar-refractivity contribution is 0.0908. The molecule has 34 heavy (non-hydrogen) atoms. The molecule has 2 N–H and O–H groups in total. The molecular formula is C26H25N5O3. The number of benzene rings is 1. The minimum Gasteiger partial charge on any atom is -0.485 e. The predicted octanol–water partition coefficient (Wildman–Crippen LogP) is 3.48. The second-order valence-electron chi connectivity index (χ2n) is 8.74. The molecule has 4 heterocycles. The predicted molar refractivity (Wildman–Crippen MR) is 128 cm³/mol. The van der Waals surface area contributed by atoms with Gasteiger partial charge in [0.15, 0.2) is 23.3 Å². The van der Waals surface area contributed by atoms with Crippen LogP contribution in [0.25, 0.3) is 11.2 Å². The monoisotopic (exact) mass is 455 g/mol. The SMILES string of the molecule is COc1ccc(C2COc3cc(Cn4cnc5cc(C#CC(C)(C)N)cnc54)ccc3O2)cn1. The van der Waals surface area contributed by atoms with E-state index in [0.29, 0.717) is 24.8 Å².